The Kier molecular flexibility index (Phi) is 13.1. The largest absolute Gasteiger partial charge is 0.475 e. The van der Waals surface area contributed by atoms with Crippen molar-refractivity contribution >= 4 is 5.97 Å². The number of aliphatic carboxylic acids is 1. The van der Waals surface area contributed by atoms with Crippen LogP contribution in [0.5, 0.6) is 0 Å². The fourth-order valence-electron chi connectivity index (χ4n) is 2.81. The van der Waals surface area contributed by atoms with E-state index < -0.39 is 11.9 Å². The van der Waals surface area contributed by atoms with Gasteiger partial charge in [-0.15, -0.1) is 0 Å². The number of hydrogen-bond acceptors (Lipinski definition) is 5. The van der Waals surface area contributed by atoms with Gasteiger partial charge in [-0.25, -0.2) is 4.79 Å². The van der Waals surface area contributed by atoms with Crippen molar-refractivity contribution in [1.29, 1.82) is 0 Å². The van der Waals surface area contributed by atoms with Gasteiger partial charge < -0.3 is 24.6 Å². The molecule has 0 aromatic carbocycles. The van der Waals surface area contributed by atoms with E-state index in [-0.39, 0.29) is 19.8 Å². The Labute approximate surface area is 153 Å². The van der Waals surface area contributed by atoms with Crippen LogP contribution in [0.4, 0.5) is 0 Å². The predicted octanol–water partition coefficient (Wildman–Crippen LogP) is 3.93. The second kappa shape index (κ2) is 13.5. The third kappa shape index (κ3) is 9.54. The van der Waals surface area contributed by atoms with Crippen LogP contribution in [0.15, 0.2) is 0 Å². The minimum Gasteiger partial charge on any atom is -0.475 e. The van der Waals surface area contributed by atoms with Crippen LogP contribution in [0.2, 0.25) is 0 Å². The summed E-state index contributed by atoms with van der Waals surface area (Å²) in [6.07, 6.45) is 9.90. The Morgan fingerprint density at radius 2 is 1.48 bits per heavy atom. The van der Waals surface area contributed by atoms with E-state index in [4.69, 9.17) is 19.3 Å². The molecule has 150 valence electrons. The van der Waals surface area contributed by atoms with Gasteiger partial charge in [0.05, 0.1) is 19.8 Å². The maximum absolute atomic E-state index is 10.8. The van der Waals surface area contributed by atoms with E-state index in [9.17, 15) is 4.79 Å². The van der Waals surface area contributed by atoms with Gasteiger partial charge in [-0.2, -0.15) is 0 Å². The van der Waals surface area contributed by atoms with Crippen LogP contribution < -0.4 is 5.32 Å². The molecule has 0 amide bonds. The summed E-state index contributed by atoms with van der Waals surface area (Å²) in [7, 11) is 0. The molecule has 2 N–H and O–H groups in total. The molecule has 25 heavy (non-hydrogen) atoms. The van der Waals surface area contributed by atoms with Gasteiger partial charge in [0.2, 0.25) is 0 Å². The summed E-state index contributed by atoms with van der Waals surface area (Å²) in [4.78, 5) is 10.8. The minimum absolute atomic E-state index is 0.215. The smallest absolute Gasteiger partial charge is 0.395 e. The topological polar surface area (TPSA) is 77.0 Å². The van der Waals surface area contributed by atoms with E-state index in [1.165, 1.54) is 44.9 Å². The fourth-order valence-corrected chi connectivity index (χ4v) is 2.81. The number of carbonyl (C=O) groups is 1. The molecule has 0 saturated heterocycles. The molecule has 0 unspecified atom stereocenters. The van der Waals surface area contributed by atoms with Crippen molar-refractivity contribution in [3.63, 3.8) is 0 Å². The quantitative estimate of drug-likeness (QED) is 0.360. The van der Waals surface area contributed by atoms with Gasteiger partial charge in [0, 0.05) is 5.54 Å². The Morgan fingerprint density at radius 1 is 0.960 bits per heavy atom. The van der Waals surface area contributed by atoms with Gasteiger partial charge in [0.15, 0.2) is 0 Å². The van der Waals surface area contributed by atoms with Crippen molar-refractivity contribution in [3.8, 4) is 0 Å². The van der Waals surface area contributed by atoms with Crippen molar-refractivity contribution in [1.82, 2.24) is 5.32 Å². The molecule has 1 aliphatic rings. The fraction of sp³-hybridized carbons (Fsp3) is 0.947. The molecule has 1 saturated carbocycles. The highest BCUT2D eigenvalue weighted by molar-refractivity contribution is 5.73. The molecular weight excluding hydrogens is 322 g/mol. The number of nitrogens with one attached hydrogen (secondary N) is 1. The molecule has 0 aromatic heterocycles. The first kappa shape index (κ1) is 24.3. The van der Waals surface area contributed by atoms with Gasteiger partial charge in [0.1, 0.15) is 0 Å². The van der Waals surface area contributed by atoms with Crippen molar-refractivity contribution in [2.24, 2.45) is 0 Å². The first-order valence-corrected chi connectivity index (χ1v) is 9.86. The maximum Gasteiger partial charge on any atom is 0.395 e. The molecule has 0 aromatic rings. The van der Waals surface area contributed by atoms with E-state index in [0.717, 1.165) is 6.54 Å². The second-order valence-electron chi connectivity index (χ2n) is 6.28. The summed E-state index contributed by atoms with van der Waals surface area (Å²) in [6.45, 7) is 11.3. The Balaban J connectivity index is 0.000000462. The normalized spacial score (nSPS) is 15.4. The summed E-state index contributed by atoms with van der Waals surface area (Å²) in [5.74, 6) is -3.20. The Bertz CT molecular complexity index is 328. The number of carboxylic acid groups (broad SMARTS) is 1. The first-order valence-electron chi connectivity index (χ1n) is 9.86. The maximum atomic E-state index is 10.8. The second-order valence-corrected chi connectivity index (χ2v) is 6.28. The Hall–Kier alpha value is -0.690. The average Bonchev–Trinajstić information content (AvgIpc) is 3.33. The molecule has 0 atom stereocenters. The number of ether oxygens (including phenoxy) is 3. The third-order valence-corrected chi connectivity index (χ3v) is 4.18. The van der Waals surface area contributed by atoms with Crippen LogP contribution in [-0.2, 0) is 19.0 Å². The SMILES string of the molecule is CCCCCCC1(NCC)CC1.CCOC(OCC)(OCC)C(=O)O. The standard InChI is InChI=1S/C11H23N.C8H16O5/c1-3-5-6-7-8-11(9-10-11)12-4-2;1-4-11-8(7(9)10,12-5-2)13-6-3/h12H,3-10H2,1-2H3;4-6H2,1-3H3,(H,9,10). The number of carboxylic acids is 1. The third-order valence-electron chi connectivity index (χ3n) is 4.18. The lowest BCUT2D eigenvalue weighted by atomic mass is 10.1. The molecule has 0 radical (unpaired) electrons. The zero-order valence-corrected chi connectivity index (χ0v) is 16.9. The monoisotopic (exact) mass is 361 g/mol. The summed E-state index contributed by atoms with van der Waals surface area (Å²) in [6, 6.07) is 0. The highest BCUT2D eigenvalue weighted by atomic mass is 16.9. The Morgan fingerprint density at radius 3 is 1.80 bits per heavy atom. The van der Waals surface area contributed by atoms with Crippen molar-refractivity contribution < 1.29 is 24.1 Å². The lowest BCUT2D eigenvalue weighted by Crippen LogP contribution is -2.47. The molecular formula is C19H39NO5. The van der Waals surface area contributed by atoms with Crippen LogP contribution in [0.1, 0.15) is 79.6 Å². The van der Waals surface area contributed by atoms with Gasteiger partial charge >= 0.3 is 11.9 Å². The van der Waals surface area contributed by atoms with Crippen LogP contribution >= 0.6 is 0 Å². The van der Waals surface area contributed by atoms with E-state index in [1.54, 1.807) is 20.8 Å². The highest BCUT2D eigenvalue weighted by Gasteiger charge is 2.42. The molecule has 0 spiro atoms. The number of hydrogen-bond donors (Lipinski definition) is 2. The highest BCUT2D eigenvalue weighted by Crippen LogP contribution is 2.39. The molecule has 6 heteroatoms. The molecule has 1 aliphatic carbocycles. The van der Waals surface area contributed by atoms with E-state index in [2.05, 4.69) is 19.2 Å². The minimum atomic E-state index is -1.93. The van der Waals surface area contributed by atoms with Gasteiger partial charge in [-0.05, 0) is 46.6 Å². The summed E-state index contributed by atoms with van der Waals surface area (Å²) in [5.41, 5.74) is 0.600. The predicted molar refractivity (Wildman–Crippen MR) is 99.6 cm³/mol. The van der Waals surface area contributed by atoms with E-state index in [1.807, 2.05) is 0 Å². The van der Waals surface area contributed by atoms with Crippen molar-refractivity contribution in [3.05, 3.63) is 0 Å². The first-order chi connectivity index (χ1) is 12.0. The molecule has 0 bridgehead atoms. The van der Waals surface area contributed by atoms with Crippen molar-refractivity contribution in [2.45, 2.75) is 91.1 Å². The van der Waals surface area contributed by atoms with Gasteiger partial charge in [-0.3, -0.25) is 0 Å². The lowest BCUT2D eigenvalue weighted by Gasteiger charge is -2.27. The molecule has 0 heterocycles. The van der Waals surface area contributed by atoms with Crippen LogP contribution in [0.3, 0.4) is 0 Å². The summed E-state index contributed by atoms with van der Waals surface area (Å²) < 4.78 is 14.8. The summed E-state index contributed by atoms with van der Waals surface area (Å²) in [5, 5.41) is 12.5. The number of rotatable bonds is 14. The zero-order valence-electron chi connectivity index (χ0n) is 16.9. The number of unbranched alkanes of at least 4 members (excludes halogenated alkanes) is 3. The molecule has 0 aliphatic heterocycles. The zero-order chi connectivity index (χ0) is 19.2. The molecule has 1 rings (SSSR count). The van der Waals surface area contributed by atoms with E-state index in [0.29, 0.717) is 5.54 Å². The van der Waals surface area contributed by atoms with Crippen LogP contribution in [0.25, 0.3) is 0 Å². The van der Waals surface area contributed by atoms with Crippen molar-refractivity contribution in [2.75, 3.05) is 26.4 Å². The molecule has 6 nitrogen and oxygen atoms in total. The van der Waals surface area contributed by atoms with E-state index >= 15 is 0 Å². The van der Waals surface area contributed by atoms with Gasteiger partial charge in [0.25, 0.3) is 0 Å². The van der Waals surface area contributed by atoms with Crippen LogP contribution in [0, 0.1) is 0 Å². The average molecular weight is 362 g/mol. The van der Waals surface area contributed by atoms with Crippen LogP contribution in [-0.4, -0.2) is 49.0 Å². The van der Waals surface area contributed by atoms with Gasteiger partial charge in [-0.1, -0.05) is 39.5 Å². The molecule has 1 fully saturated rings. The lowest BCUT2D eigenvalue weighted by molar-refractivity contribution is -0.358. The summed E-state index contributed by atoms with van der Waals surface area (Å²) >= 11 is 0.